The van der Waals surface area contributed by atoms with Crippen molar-refractivity contribution < 1.29 is 14.4 Å². The highest BCUT2D eigenvalue weighted by molar-refractivity contribution is 6.08. The molecule has 0 radical (unpaired) electrons. The number of carbonyl (C=O) groups excluding carboxylic acids is 3. The van der Waals surface area contributed by atoms with E-state index >= 15 is 0 Å². The highest BCUT2D eigenvalue weighted by Gasteiger charge is 2.59. The summed E-state index contributed by atoms with van der Waals surface area (Å²) in [5, 5.41) is 0. The van der Waals surface area contributed by atoms with Gasteiger partial charge in [0.2, 0.25) is 17.7 Å². The van der Waals surface area contributed by atoms with Crippen LogP contribution in [-0.4, -0.2) is 47.2 Å². The largest absolute Gasteiger partial charge is 0.341 e. The van der Waals surface area contributed by atoms with Gasteiger partial charge in [0.25, 0.3) is 0 Å². The van der Waals surface area contributed by atoms with Gasteiger partial charge in [-0.2, -0.15) is 0 Å². The highest BCUT2D eigenvalue weighted by Crippen LogP contribution is 2.52. The Kier molecular flexibility index (Phi) is 3.54. The van der Waals surface area contributed by atoms with E-state index < -0.39 is 0 Å². The van der Waals surface area contributed by atoms with Crippen LogP contribution in [0.5, 0.6) is 0 Å². The van der Waals surface area contributed by atoms with Crippen LogP contribution in [0.3, 0.4) is 0 Å². The van der Waals surface area contributed by atoms with Crippen LogP contribution < -0.4 is 0 Å². The minimum absolute atomic E-state index is 0.0361. The number of piperidine rings is 1. The van der Waals surface area contributed by atoms with E-state index in [-0.39, 0.29) is 47.9 Å². The number of carbonyl (C=O) groups is 3. The fourth-order valence-electron chi connectivity index (χ4n) is 6.18. The van der Waals surface area contributed by atoms with Gasteiger partial charge in [-0.3, -0.25) is 19.3 Å². The maximum atomic E-state index is 12.8. The molecule has 3 aliphatic carbocycles. The molecule has 5 aliphatic rings. The highest BCUT2D eigenvalue weighted by atomic mass is 16.2. The lowest BCUT2D eigenvalue weighted by molar-refractivity contribution is -0.148. The fraction of sp³-hybridized carbons (Fsp3) is 0.750. The SMILES string of the molecule is O=C(CN1C(=O)C2C3C=CC(C3)C2C1=O)N1CCC2CCCCC2C1. The van der Waals surface area contributed by atoms with Gasteiger partial charge in [-0.15, -0.1) is 0 Å². The molecule has 4 fully saturated rings. The molecule has 6 unspecified atom stereocenters. The molecule has 0 aromatic heterocycles. The normalized spacial score (nSPS) is 42.1. The Morgan fingerprint density at radius 3 is 2.28 bits per heavy atom. The number of allylic oxidation sites excluding steroid dienone is 2. The summed E-state index contributed by atoms with van der Waals surface area (Å²) in [6.45, 7) is 1.57. The van der Waals surface area contributed by atoms with Crippen molar-refractivity contribution in [3.8, 4) is 0 Å². The van der Waals surface area contributed by atoms with Crippen molar-refractivity contribution in [2.75, 3.05) is 19.6 Å². The molecule has 0 spiro atoms. The van der Waals surface area contributed by atoms with Gasteiger partial charge in [0.1, 0.15) is 6.54 Å². The molecule has 5 nitrogen and oxygen atoms in total. The molecular weight excluding hydrogens is 316 g/mol. The molecule has 2 saturated carbocycles. The number of imide groups is 1. The standard InChI is InChI=1S/C20H26N2O3/c23-16(21-8-7-12-3-1-2-4-15(12)10-21)11-22-19(24)17-13-5-6-14(9-13)18(17)20(22)25/h5-6,12-15,17-18H,1-4,7-11H2. The molecule has 5 rings (SSSR count). The van der Waals surface area contributed by atoms with Gasteiger partial charge in [-0.25, -0.2) is 0 Å². The zero-order valence-electron chi connectivity index (χ0n) is 14.6. The van der Waals surface area contributed by atoms with Gasteiger partial charge in [0.05, 0.1) is 11.8 Å². The van der Waals surface area contributed by atoms with Gasteiger partial charge >= 0.3 is 0 Å². The van der Waals surface area contributed by atoms with Crippen molar-refractivity contribution in [3.05, 3.63) is 12.2 Å². The van der Waals surface area contributed by atoms with Gasteiger partial charge < -0.3 is 4.90 Å². The third-order valence-corrected chi connectivity index (χ3v) is 7.50. The molecule has 25 heavy (non-hydrogen) atoms. The first kappa shape index (κ1) is 15.6. The Bertz CT molecular complexity index is 627. The summed E-state index contributed by atoms with van der Waals surface area (Å²) in [6.07, 6.45) is 11.3. The number of fused-ring (bicyclic) bond motifs is 6. The third kappa shape index (κ3) is 2.31. The Balaban J connectivity index is 1.26. The van der Waals surface area contributed by atoms with Crippen LogP contribution in [0.2, 0.25) is 0 Å². The van der Waals surface area contributed by atoms with Crippen LogP contribution in [0.15, 0.2) is 12.2 Å². The predicted molar refractivity (Wildman–Crippen MR) is 91.1 cm³/mol. The summed E-state index contributed by atoms with van der Waals surface area (Å²) in [5.74, 6) is 1.18. The van der Waals surface area contributed by atoms with E-state index in [1.54, 1.807) is 0 Å². The fourth-order valence-corrected chi connectivity index (χ4v) is 6.18. The summed E-state index contributed by atoms with van der Waals surface area (Å²) in [6, 6.07) is 0. The van der Waals surface area contributed by atoms with Crippen LogP contribution in [0.1, 0.15) is 38.5 Å². The Hall–Kier alpha value is -1.65. The van der Waals surface area contributed by atoms with Crippen LogP contribution in [0.4, 0.5) is 0 Å². The van der Waals surface area contributed by atoms with E-state index in [0.717, 1.165) is 31.8 Å². The first-order chi connectivity index (χ1) is 12.1. The van der Waals surface area contributed by atoms with E-state index in [2.05, 4.69) is 12.2 Å². The van der Waals surface area contributed by atoms with Crippen molar-refractivity contribution in [1.82, 2.24) is 9.80 Å². The lowest BCUT2D eigenvalue weighted by atomic mass is 9.75. The lowest BCUT2D eigenvalue weighted by Gasteiger charge is -2.41. The van der Waals surface area contributed by atoms with Crippen LogP contribution in [-0.2, 0) is 14.4 Å². The average Bonchev–Trinajstić information content (AvgIpc) is 3.31. The molecule has 2 saturated heterocycles. The maximum absolute atomic E-state index is 12.8. The van der Waals surface area contributed by atoms with E-state index in [0.29, 0.717) is 5.92 Å². The van der Waals surface area contributed by atoms with E-state index in [4.69, 9.17) is 0 Å². The van der Waals surface area contributed by atoms with Gasteiger partial charge in [-0.1, -0.05) is 31.4 Å². The van der Waals surface area contributed by atoms with Gasteiger partial charge in [-0.05, 0) is 42.9 Å². The minimum atomic E-state index is -0.195. The predicted octanol–water partition coefficient (Wildman–Crippen LogP) is 1.83. The number of likely N-dealkylation sites (tertiary alicyclic amines) is 2. The molecule has 0 aromatic carbocycles. The Morgan fingerprint density at radius 1 is 0.960 bits per heavy atom. The van der Waals surface area contributed by atoms with Crippen LogP contribution >= 0.6 is 0 Å². The zero-order chi connectivity index (χ0) is 17.1. The second-order valence-corrected chi connectivity index (χ2v) is 8.70. The summed E-state index contributed by atoms with van der Waals surface area (Å²) in [4.78, 5) is 41.4. The quantitative estimate of drug-likeness (QED) is 0.568. The van der Waals surface area contributed by atoms with Crippen molar-refractivity contribution in [2.45, 2.75) is 38.5 Å². The van der Waals surface area contributed by atoms with E-state index in [1.807, 2.05) is 4.90 Å². The van der Waals surface area contributed by atoms with Crippen LogP contribution in [0, 0.1) is 35.5 Å². The van der Waals surface area contributed by atoms with Crippen molar-refractivity contribution in [2.24, 2.45) is 35.5 Å². The molecule has 2 aliphatic heterocycles. The average molecular weight is 342 g/mol. The summed E-state index contributed by atoms with van der Waals surface area (Å²) in [7, 11) is 0. The van der Waals surface area contributed by atoms with E-state index in [9.17, 15) is 14.4 Å². The third-order valence-electron chi connectivity index (χ3n) is 7.50. The number of nitrogens with zero attached hydrogens (tertiary/aromatic N) is 2. The molecule has 134 valence electrons. The molecule has 3 amide bonds. The van der Waals surface area contributed by atoms with Crippen LogP contribution in [0.25, 0.3) is 0 Å². The molecule has 0 N–H and O–H groups in total. The molecule has 2 heterocycles. The monoisotopic (exact) mass is 342 g/mol. The molecular formula is C20H26N2O3. The minimum Gasteiger partial charge on any atom is -0.341 e. The van der Waals surface area contributed by atoms with Crippen molar-refractivity contribution in [3.63, 3.8) is 0 Å². The maximum Gasteiger partial charge on any atom is 0.242 e. The summed E-state index contributed by atoms with van der Waals surface area (Å²) in [5.41, 5.74) is 0. The summed E-state index contributed by atoms with van der Waals surface area (Å²) >= 11 is 0. The molecule has 0 aromatic rings. The van der Waals surface area contributed by atoms with Crippen molar-refractivity contribution >= 4 is 17.7 Å². The van der Waals surface area contributed by atoms with Crippen molar-refractivity contribution in [1.29, 1.82) is 0 Å². The summed E-state index contributed by atoms with van der Waals surface area (Å²) < 4.78 is 0. The topological polar surface area (TPSA) is 57.7 Å². The van der Waals surface area contributed by atoms with Gasteiger partial charge in [0, 0.05) is 13.1 Å². The number of hydrogen-bond donors (Lipinski definition) is 0. The van der Waals surface area contributed by atoms with E-state index in [1.165, 1.54) is 30.6 Å². The first-order valence-electron chi connectivity index (χ1n) is 9.95. The number of hydrogen-bond acceptors (Lipinski definition) is 3. The zero-order valence-corrected chi connectivity index (χ0v) is 14.6. The molecule has 6 atom stereocenters. The number of rotatable bonds is 2. The lowest BCUT2D eigenvalue weighted by Crippen LogP contribution is -2.49. The van der Waals surface area contributed by atoms with Gasteiger partial charge in [0.15, 0.2) is 0 Å². The smallest absolute Gasteiger partial charge is 0.242 e. The second-order valence-electron chi connectivity index (χ2n) is 8.70. The molecule has 2 bridgehead atoms. The second kappa shape index (κ2) is 5.68. The first-order valence-corrected chi connectivity index (χ1v) is 9.95. The Morgan fingerprint density at radius 2 is 1.60 bits per heavy atom. The molecule has 5 heteroatoms. The Labute approximate surface area is 148 Å². The number of amides is 3.